The molecule has 1 saturated carbocycles. The Balaban J connectivity index is 1.97. The van der Waals surface area contributed by atoms with Gasteiger partial charge < -0.3 is 15.2 Å². The third-order valence-electron chi connectivity index (χ3n) is 3.86. The molecule has 0 amide bonds. The van der Waals surface area contributed by atoms with Crippen LogP contribution in [0.25, 0.3) is 0 Å². The molecule has 0 saturated heterocycles. The summed E-state index contributed by atoms with van der Waals surface area (Å²) >= 11 is 0. The number of rotatable bonds is 4. The fourth-order valence-corrected chi connectivity index (χ4v) is 2.82. The van der Waals surface area contributed by atoms with Gasteiger partial charge in [0.1, 0.15) is 5.75 Å². The van der Waals surface area contributed by atoms with Crippen LogP contribution in [0.15, 0.2) is 18.2 Å². The maximum Gasteiger partial charge on any atom is 0.308 e. The zero-order valence-corrected chi connectivity index (χ0v) is 12.2. The number of esters is 1. The van der Waals surface area contributed by atoms with Crippen LogP contribution in [0, 0.1) is 12.8 Å². The van der Waals surface area contributed by atoms with Crippen molar-refractivity contribution >= 4 is 11.7 Å². The largest absolute Gasteiger partial charge is 0.508 e. The predicted molar refractivity (Wildman–Crippen MR) is 78.8 cm³/mol. The zero-order chi connectivity index (χ0) is 14.5. The van der Waals surface area contributed by atoms with E-state index in [1.807, 2.05) is 19.9 Å². The maximum atomic E-state index is 11.8. The summed E-state index contributed by atoms with van der Waals surface area (Å²) in [4.78, 5) is 11.8. The number of carbonyl (C=O) groups excluding carboxylic acids is 1. The van der Waals surface area contributed by atoms with E-state index in [1.165, 1.54) is 0 Å². The molecule has 1 aromatic rings. The van der Waals surface area contributed by atoms with Crippen molar-refractivity contribution in [1.29, 1.82) is 0 Å². The zero-order valence-electron chi connectivity index (χ0n) is 12.2. The molecule has 2 atom stereocenters. The van der Waals surface area contributed by atoms with Crippen LogP contribution in [0.1, 0.15) is 38.2 Å². The van der Waals surface area contributed by atoms with Crippen LogP contribution >= 0.6 is 0 Å². The van der Waals surface area contributed by atoms with Gasteiger partial charge in [-0.3, -0.25) is 4.79 Å². The van der Waals surface area contributed by atoms with E-state index in [0.717, 1.165) is 36.9 Å². The molecule has 110 valence electrons. The molecule has 1 aliphatic rings. The second-order valence-corrected chi connectivity index (χ2v) is 5.46. The lowest BCUT2D eigenvalue weighted by atomic mass is 9.85. The third kappa shape index (κ3) is 3.65. The van der Waals surface area contributed by atoms with E-state index in [4.69, 9.17) is 4.74 Å². The van der Waals surface area contributed by atoms with E-state index in [2.05, 4.69) is 5.32 Å². The first-order valence-corrected chi connectivity index (χ1v) is 7.33. The standard InChI is InChI=1S/C16H23NO3/c1-3-20-16(19)12-5-4-6-13(10-12)17-15-8-7-14(18)9-11(15)2/h7-9,12-13,17-18H,3-6,10H2,1-2H3. The average Bonchev–Trinajstić information content (AvgIpc) is 2.43. The first-order chi connectivity index (χ1) is 9.60. The average molecular weight is 277 g/mol. The Morgan fingerprint density at radius 3 is 2.95 bits per heavy atom. The topological polar surface area (TPSA) is 58.6 Å². The molecule has 1 aliphatic carbocycles. The third-order valence-corrected chi connectivity index (χ3v) is 3.86. The lowest BCUT2D eigenvalue weighted by Gasteiger charge is -2.29. The molecule has 2 unspecified atom stereocenters. The van der Waals surface area contributed by atoms with Gasteiger partial charge in [-0.2, -0.15) is 0 Å². The Hall–Kier alpha value is -1.71. The van der Waals surface area contributed by atoms with Gasteiger partial charge in [-0.1, -0.05) is 6.42 Å². The Morgan fingerprint density at radius 2 is 2.25 bits per heavy atom. The molecule has 0 bridgehead atoms. The Morgan fingerprint density at radius 1 is 1.45 bits per heavy atom. The van der Waals surface area contributed by atoms with E-state index in [-0.39, 0.29) is 17.6 Å². The van der Waals surface area contributed by atoms with Crippen molar-refractivity contribution in [3.63, 3.8) is 0 Å². The normalized spacial score (nSPS) is 22.3. The number of benzene rings is 1. The van der Waals surface area contributed by atoms with Gasteiger partial charge in [0.25, 0.3) is 0 Å². The van der Waals surface area contributed by atoms with Crippen LogP contribution < -0.4 is 5.32 Å². The molecule has 0 spiro atoms. The summed E-state index contributed by atoms with van der Waals surface area (Å²) in [7, 11) is 0. The molecule has 1 aromatic carbocycles. The smallest absolute Gasteiger partial charge is 0.308 e. The fourth-order valence-electron chi connectivity index (χ4n) is 2.82. The number of aryl methyl sites for hydroxylation is 1. The second-order valence-electron chi connectivity index (χ2n) is 5.46. The van der Waals surface area contributed by atoms with Gasteiger partial charge in [0.15, 0.2) is 0 Å². The predicted octanol–water partition coefficient (Wildman–Crippen LogP) is 3.23. The van der Waals surface area contributed by atoms with Crippen LogP contribution in [-0.2, 0) is 9.53 Å². The number of hydrogen-bond acceptors (Lipinski definition) is 4. The minimum absolute atomic E-state index is 0.0126. The lowest BCUT2D eigenvalue weighted by molar-refractivity contribution is -0.149. The van der Waals surface area contributed by atoms with Crippen molar-refractivity contribution in [1.82, 2.24) is 0 Å². The molecule has 1 fully saturated rings. The minimum atomic E-state index is -0.0681. The molecule has 2 rings (SSSR count). The molecule has 0 aromatic heterocycles. The van der Waals surface area contributed by atoms with Crippen molar-refractivity contribution in [2.75, 3.05) is 11.9 Å². The quantitative estimate of drug-likeness (QED) is 0.655. The summed E-state index contributed by atoms with van der Waals surface area (Å²) in [5, 5.41) is 12.9. The fraction of sp³-hybridized carbons (Fsp3) is 0.562. The summed E-state index contributed by atoms with van der Waals surface area (Å²) < 4.78 is 5.12. The second kappa shape index (κ2) is 6.64. The molecule has 0 aliphatic heterocycles. The number of phenolic OH excluding ortho intramolecular Hbond substituents is 1. The van der Waals surface area contributed by atoms with Gasteiger partial charge in [-0.05, 0) is 56.9 Å². The molecule has 20 heavy (non-hydrogen) atoms. The number of anilines is 1. The molecule has 0 radical (unpaired) electrons. The van der Waals surface area contributed by atoms with Crippen LogP contribution in [0.3, 0.4) is 0 Å². The van der Waals surface area contributed by atoms with Crippen LogP contribution in [-0.4, -0.2) is 23.7 Å². The minimum Gasteiger partial charge on any atom is -0.508 e. The van der Waals surface area contributed by atoms with Crippen molar-refractivity contribution < 1.29 is 14.6 Å². The van der Waals surface area contributed by atoms with E-state index < -0.39 is 0 Å². The molecular weight excluding hydrogens is 254 g/mol. The van der Waals surface area contributed by atoms with Gasteiger partial charge in [-0.15, -0.1) is 0 Å². The highest BCUT2D eigenvalue weighted by Gasteiger charge is 2.28. The van der Waals surface area contributed by atoms with E-state index in [1.54, 1.807) is 12.1 Å². The SMILES string of the molecule is CCOC(=O)C1CCCC(Nc2ccc(O)cc2C)C1. The molecular formula is C16H23NO3. The van der Waals surface area contributed by atoms with E-state index in [9.17, 15) is 9.90 Å². The summed E-state index contributed by atoms with van der Waals surface area (Å²) in [6, 6.07) is 5.61. The van der Waals surface area contributed by atoms with Gasteiger partial charge >= 0.3 is 5.97 Å². The number of ether oxygens (including phenoxy) is 1. The molecule has 2 N–H and O–H groups in total. The number of phenols is 1. The van der Waals surface area contributed by atoms with Crippen molar-refractivity contribution in [3.8, 4) is 5.75 Å². The maximum absolute atomic E-state index is 11.8. The lowest BCUT2D eigenvalue weighted by Crippen LogP contribution is -2.32. The summed E-state index contributed by atoms with van der Waals surface area (Å²) in [5.41, 5.74) is 2.04. The summed E-state index contributed by atoms with van der Waals surface area (Å²) in [5.74, 6) is 0.223. The first kappa shape index (κ1) is 14.7. The van der Waals surface area contributed by atoms with Crippen molar-refractivity contribution in [2.24, 2.45) is 5.92 Å². The van der Waals surface area contributed by atoms with Crippen LogP contribution in [0.2, 0.25) is 0 Å². The molecule has 4 heteroatoms. The highest BCUT2D eigenvalue weighted by molar-refractivity contribution is 5.72. The monoisotopic (exact) mass is 277 g/mol. The molecule has 0 heterocycles. The summed E-state index contributed by atoms with van der Waals surface area (Å²) in [6.07, 6.45) is 3.85. The van der Waals surface area contributed by atoms with Gasteiger partial charge in [0, 0.05) is 11.7 Å². The number of aromatic hydroxyl groups is 1. The Kier molecular flexibility index (Phi) is 4.88. The van der Waals surface area contributed by atoms with Gasteiger partial charge in [0.05, 0.1) is 12.5 Å². The Bertz CT molecular complexity index is 473. The van der Waals surface area contributed by atoms with Gasteiger partial charge in [-0.25, -0.2) is 0 Å². The Labute approximate surface area is 120 Å². The van der Waals surface area contributed by atoms with E-state index >= 15 is 0 Å². The number of hydrogen-bond donors (Lipinski definition) is 2. The highest BCUT2D eigenvalue weighted by Crippen LogP contribution is 2.29. The first-order valence-electron chi connectivity index (χ1n) is 7.33. The van der Waals surface area contributed by atoms with Gasteiger partial charge in [0.2, 0.25) is 0 Å². The van der Waals surface area contributed by atoms with E-state index in [0.29, 0.717) is 12.6 Å². The number of carbonyl (C=O) groups is 1. The van der Waals surface area contributed by atoms with Crippen LogP contribution in [0.4, 0.5) is 5.69 Å². The van der Waals surface area contributed by atoms with Crippen LogP contribution in [0.5, 0.6) is 5.75 Å². The van der Waals surface area contributed by atoms with Crippen molar-refractivity contribution in [2.45, 2.75) is 45.6 Å². The summed E-state index contributed by atoms with van der Waals surface area (Å²) in [6.45, 7) is 4.26. The highest BCUT2D eigenvalue weighted by atomic mass is 16.5. The number of nitrogens with one attached hydrogen (secondary N) is 1. The van der Waals surface area contributed by atoms with Crippen molar-refractivity contribution in [3.05, 3.63) is 23.8 Å². The molecule has 4 nitrogen and oxygen atoms in total.